The van der Waals surface area contributed by atoms with E-state index in [-0.39, 0.29) is 15.7 Å². The van der Waals surface area contributed by atoms with Crippen LogP contribution in [-0.2, 0) is 0 Å². The van der Waals surface area contributed by atoms with E-state index in [9.17, 15) is 20.2 Å². The third kappa shape index (κ3) is 2.82. The van der Waals surface area contributed by atoms with Gasteiger partial charge >= 0.3 is 0 Å². The highest BCUT2D eigenvalue weighted by Crippen LogP contribution is 2.24. The fourth-order valence-corrected chi connectivity index (χ4v) is 3.11. The summed E-state index contributed by atoms with van der Waals surface area (Å²) in [6.45, 7) is 0. The smallest absolute Gasteiger partial charge is 0.258 e. The summed E-state index contributed by atoms with van der Waals surface area (Å²) in [5.41, 5.74) is 0.938. The Morgan fingerprint density at radius 2 is 1.36 bits per heavy atom. The molecule has 2 aromatic carbocycles. The van der Waals surface area contributed by atoms with Crippen LogP contribution in [0.15, 0.2) is 48.8 Å². The lowest BCUT2D eigenvalue weighted by Gasteiger charge is -2.23. The van der Waals surface area contributed by atoms with Gasteiger partial charge in [0.2, 0.25) is 0 Å². The number of non-ortho nitro benzene ring substituents is 2. The number of aromatic nitrogens is 4. The first-order valence-electron chi connectivity index (χ1n) is 7.65. The number of hydrogen-bond donors (Lipinski definition) is 1. The molecule has 0 saturated carbocycles. The average molecular weight is 415 g/mol. The maximum atomic E-state index is 11.0. The van der Waals surface area contributed by atoms with E-state index in [0.717, 1.165) is 0 Å². The van der Waals surface area contributed by atoms with Crippen molar-refractivity contribution in [3.63, 3.8) is 0 Å². The molecule has 140 valence electrons. The quantitative estimate of drug-likeness (QED) is 0.233. The van der Waals surface area contributed by atoms with Crippen molar-refractivity contribution in [3.8, 4) is 0 Å². The first-order valence-corrected chi connectivity index (χ1v) is 8.50. The van der Waals surface area contributed by atoms with E-state index in [2.05, 4.69) is 22.8 Å². The predicted molar refractivity (Wildman–Crippen MR) is 108 cm³/mol. The lowest BCUT2D eigenvalue weighted by atomic mass is 10.2. The van der Waals surface area contributed by atoms with Crippen LogP contribution in [-0.4, -0.2) is 33.9 Å². The maximum Gasteiger partial charge on any atom is 0.270 e. The van der Waals surface area contributed by atoms with Crippen molar-refractivity contribution in [2.75, 3.05) is 5.12 Å². The molecule has 0 radical (unpaired) electrons. The Labute approximate surface area is 166 Å². The fourth-order valence-electron chi connectivity index (χ4n) is 2.78. The van der Waals surface area contributed by atoms with Gasteiger partial charge in [0.25, 0.3) is 11.4 Å². The van der Waals surface area contributed by atoms with Crippen LogP contribution in [0.5, 0.6) is 0 Å². The van der Waals surface area contributed by atoms with Gasteiger partial charge in [0.15, 0.2) is 4.32 Å². The second-order valence-electron chi connectivity index (χ2n) is 5.64. The van der Waals surface area contributed by atoms with Crippen LogP contribution >= 0.6 is 24.8 Å². The highest BCUT2D eigenvalue weighted by molar-refractivity contribution is 8.11. The summed E-state index contributed by atoms with van der Waals surface area (Å²) in [5.74, 6) is 0. The van der Waals surface area contributed by atoms with Gasteiger partial charge in [0.1, 0.15) is 0 Å². The normalized spacial score (nSPS) is 11.0. The molecular weight excluding hydrogens is 406 g/mol. The van der Waals surface area contributed by atoms with E-state index in [1.165, 1.54) is 63.5 Å². The molecule has 0 atom stereocenters. The zero-order valence-electron chi connectivity index (χ0n) is 13.7. The van der Waals surface area contributed by atoms with E-state index in [1.807, 2.05) is 0 Å². The molecule has 0 aliphatic rings. The topological polar surface area (TPSA) is 125 Å². The van der Waals surface area contributed by atoms with Crippen LogP contribution in [0.1, 0.15) is 0 Å². The van der Waals surface area contributed by atoms with Crippen LogP contribution in [0.2, 0.25) is 0 Å². The standard InChI is InChI=1S/C15H9N7O4S2/c23-21(24)11-1-3-13-9(5-11)7-16-18(13)20(15(27)28)19-14-4-2-12(22(25)26)6-10(14)8-17-19/h1-8H,(H,27,28). The van der Waals surface area contributed by atoms with Crippen LogP contribution in [0.4, 0.5) is 11.4 Å². The van der Waals surface area contributed by atoms with E-state index in [0.29, 0.717) is 21.8 Å². The van der Waals surface area contributed by atoms with Crippen molar-refractivity contribution in [1.82, 2.24) is 19.8 Å². The number of nitro groups is 2. The molecule has 0 aliphatic heterocycles. The Bertz CT molecular complexity index is 1190. The summed E-state index contributed by atoms with van der Waals surface area (Å²) in [6, 6.07) is 8.56. The molecular formula is C15H9N7O4S2. The SMILES string of the molecule is O=[N+]([O-])c1ccc2c(cnn2N(C(=S)S)n2ncc3cc([N+](=O)[O-])ccc32)c1. The van der Waals surface area contributed by atoms with Crippen molar-refractivity contribution in [2.24, 2.45) is 0 Å². The fraction of sp³-hybridized carbons (Fsp3) is 0. The molecule has 13 heteroatoms. The Balaban J connectivity index is 1.88. The van der Waals surface area contributed by atoms with Crippen LogP contribution < -0.4 is 5.12 Å². The summed E-state index contributed by atoms with van der Waals surface area (Å²) in [4.78, 5) is 23.7. The Morgan fingerprint density at radius 3 is 1.71 bits per heavy atom. The second kappa shape index (κ2) is 6.54. The number of thiol groups is 1. The zero-order chi connectivity index (χ0) is 20.0. The molecule has 0 spiro atoms. The summed E-state index contributed by atoms with van der Waals surface area (Å²) in [6.07, 6.45) is 2.91. The molecule has 0 fully saturated rings. The van der Waals surface area contributed by atoms with Crippen LogP contribution in [0.3, 0.4) is 0 Å². The van der Waals surface area contributed by atoms with Crippen molar-refractivity contribution in [1.29, 1.82) is 0 Å². The molecule has 28 heavy (non-hydrogen) atoms. The third-order valence-electron chi connectivity index (χ3n) is 4.02. The van der Waals surface area contributed by atoms with Gasteiger partial charge in [-0.1, -0.05) is 0 Å². The van der Waals surface area contributed by atoms with Gasteiger partial charge in [-0.2, -0.15) is 10.2 Å². The molecule has 0 amide bonds. The molecule has 0 unspecified atom stereocenters. The highest BCUT2D eigenvalue weighted by atomic mass is 32.1. The Hall–Kier alpha value is -3.58. The lowest BCUT2D eigenvalue weighted by Crippen LogP contribution is -2.42. The first-order chi connectivity index (χ1) is 13.4. The van der Waals surface area contributed by atoms with Gasteiger partial charge in [-0.25, -0.2) is 0 Å². The highest BCUT2D eigenvalue weighted by Gasteiger charge is 2.20. The van der Waals surface area contributed by atoms with Gasteiger partial charge in [0.05, 0.1) is 33.3 Å². The van der Waals surface area contributed by atoms with Crippen molar-refractivity contribution >= 4 is 62.3 Å². The third-order valence-corrected chi connectivity index (χ3v) is 4.36. The number of rotatable bonds is 4. The summed E-state index contributed by atoms with van der Waals surface area (Å²) < 4.78 is 0.0895. The number of fused-ring (bicyclic) bond motifs is 2. The van der Waals surface area contributed by atoms with Gasteiger partial charge in [-0.3, -0.25) is 20.2 Å². The molecule has 2 aromatic heterocycles. The van der Waals surface area contributed by atoms with E-state index in [1.54, 1.807) is 0 Å². The molecule has 0 bridgehead atoms. The van der Waals surface area contributed by atoms with E-state index >= 15 is 0 Å². The molecule has 0 saturated heterocycles. The van der Waals surface area contributed by atoms with E-state index in [4.69, 9.17) is 12.2 Å². The minimum atomic E-state index is -0.494. The van der Waals surface area contributed by atoms with Gasteiger partial charge in [-0.15, -0.1) is 27.3 Å². The van der Waals surface area contributed by atoms with Crippen molar-refractivity contribution < 1.29 is 9.85 Å². The number of nitrogens with zero attached hydrogens (tertiary/aromatic N) is 7. The summed E-state index contributed by atoms with van der Waals surface area (Å²) >= 11 is 9.47. The largest absolute Gasteiger partial charge is 0.270 e. The van der Waals surface area contributed by atoms with Crippen LogP contribution in [0.25, 0.3) is 21.8 Å². The lowest BCUT2D eigenvalue weighted by molar-refractivity contribution is -0.384. The van der Waals surface area contributed by atoms with Crippen LogP contribution in [0, 0.1) is 20.2 Å². The van der Waals surface area contributed by atoms with Crippen molar-refractivity contribution in [2.45, 2.75) is 0 Å². The predicted octanol–water partition coefficient (Wildman–Crippen LogP) is 2.82. The molecule has 0 aliphatic carbocycles. The summed E-state index contributed by atoms with van der Waals surface area (Å²) in [7, 11) is 0. The zero-order valence-corrected chi connectivity index (χ0v) is 15.4. The molecule has 4 aromatic rings. The monoisotopic (exact) mass is 415 g/mol. The number of benzene rings is 2. The summed E-state index contributed by atoms with van der Waals surface area (Å²) in [5, 5.41) is 32.8. The van der Waals surface area contributed by atoms with Gasteiger partial charge in [-0.05, 0) is 24.4 Å². The molecule has 0 N–H and O–H groups in total. The minimum Gasteiger partial charge on any atom is -0.258 e. The molecule has 2 heterocycles. The second-order valence-corrected chi connectivity index (χ2v) is 6.75. The first kappa shape index (κ1) is 17.8. The average Bonchev–Trinajstić information content (AvgIpc) is 3.26. The Morgan fingerprint density at radius 1 is 0.929 bits per heavy atom. The maximum absolute atomic E-state index is 11.0. The Kier molecular flexibility index (Phi) is 4.16. The van der Waals surface area contributed by atoms with Crippen molar-refractivity contribution in [3.05, 3.63) is 69.0 Å². The number of thiocarbonyl (C=S) groups is 1. The van der Waals surface area contributed by atoms with Gasteiger partial charge < -0.3 is 0 Å². The molecule has 11 nitrogen and oxygen atoms in total. The molecule has 4 rings (SSSR count). The minimum absolute atomic E-state index is 0.0658. The van der Waals surface area contributed by atoms with Gasteiger partial charge in [0, 0.05) is 35.0 Å². The number of nitro benzene ring substituents is 2. The van der Waals surface area contributed by atoms with E-state index < -0.39 is 9.85 Å². The number of hydrogen-bond acceptors (Lipinski definition) is 7.